The molecular weight excluding hydrogens is 546 g/mol. The molecule has 2 aliphatic rings. The number of carbonyl (C=O) groups is 2. The molecule has 0 saturated carbocycles. The highest BCUT2D eigenvalue weighted by atomic mass is 32.5. The van der Waals surface area contributed by atoms with Gasteiger partial charge in [0.2, 0.25) is 5.91 Å². The maximum Gasteiger partial charge on any atom is 0.435 e. The molecule has 2 aromatic rings. The van der Waals surface area contributed by atoms with Gasteiger partial charge in [-0.15, -0.1) is 0 Å². The molecule has 1 amide bonds. The van der Waals surface area contributed by atoms with Crippen LogP contribution < -0.4 is 9.05 Å². The number of carbonyl (C=O) groups excluding carboxylic acids is 2. The number of ether oxygens (including phenoxy) is 1. The van der Waals surface area contributed by atoms with Gasteiger partial charge in [-0.05, 0) is 44.2 Å². The highest BCUT2D eigenvalue weighted by Crippen LogP contribution is 2.52. The first-order chi connectivity index (χ1) is 17.9. The van der Waals surface area contributed by atoms with E-state index in [-0.39, 0.29) is 11.5 Å². The summed E-state index contributed by atoms with van der Waals surface area (Å²) in [5, 5.41) is 10.6. The summed E-state index contributed by atoms with van der Waals surface area (Å²) in [6, 6.07) is 13.3. The van der Waals surface area contributed by atoms with Crippen LogP contribution in [-0.4, -0.2) is 58.8 Å². The average molecular weight is 572 g/mol. The van der Waals surface area contributed by atoms with E-state index in [0.717, 1.165) is 23.4 Å². The number of allylic oxidation sites excluding steroid dienone is 1. The van der Waals surface area contributed by atoms with Crippen molar-refractivity contribution in [2.24, 2.45) is 0 Å². The van der Waals surface area contributed by atoms with Gasteiger partial charge in [-0.1, -0.05) is 35.4 Å². The minimum absolute atomic E-state index is 0.236. The lowest BCUT2D eigenvalue weighted by Gasteiger charge is -2.33. The standard InChI is InChI=1S/C25H25F3NO7PS/c1-15-3-7-18(8-4-15)35-37(38,36-19-9-5-16(2)6-10-19)33-14-25(24(27)28)22(32)21(26)23(34-25)29-12-11-17(30)13-20(29)31/h3-12,21-24,32H,13-14H2,1-2H3/t21-,22+,23-,25-/m1/s1. The van der Waals surface area contributed by atoms with Crippen molar-refractivity contribution >= 4 is 30.2 Å². The Morgan fingerprint density at radius 3 is 2.08 bits per heavy atom. The molecule has 1 N–H and O–H groups in total. The zero-order valence-electron chi connectivity index (χ0n) is 20.3. The van der Waals surface area contributed by atoms with Crippen molar-refractivity contribution in [1.82, 2.24) is 4.90 Å². The second kappa shape index (κ2) is 11.2. The summed E-state index contributed by atoms with van der Waals surface area (Å²) in [4.78, 5) is 24.4. The molecule has 38 heavy (non-hydrogen) atoms. The molecule has 1 fully saturated rings. The molecular formula is C25H25F3NO7PS. The Balaban J connectivity index is 1.61. The lowest BCUT2D eigenvalue weighted by molar-refractivity contribution is -0.199. The SMILES string of the molecule is Cc1ccc(OP(=S)(OC[C@@]2(C(F)F)O[C@@H](N3C=CC(=O)CC3=O)[C@H](F)[C@@H]2O)Oc2ccc(C)cc2)cc1. The second-order valence-corrected chi connectivity index (χ2v) is 11.8. The number of halogens is 3. The molecule has 4 atom stereocenters. The second-order valence-electron chi connectivity index (χ2n) is 8.94. The van der Waals surface area contributed by atoms with Gasteiger partial charge in [-0.3, -0.25) is 19.0 Å². The maximum atomic E-state index is 15.1. The van der Waals surface area contributed by atoms with Crippen LogP contribution in [0.5, 0.6) is 11.5 Å². The van der Waals surface area contributed by atoms with Crippen molar-refractivity contribution in [2.75, 3.05) is 6.61 Å². The van der Waals surface area contributed by atoms with Gasteiger partial charge >= 0.3 is 6.72 Å². The number of nitrogens with zero attached hydrogens (tertiary/aromatic N) is 1. The van der Waals surface area contributed by atoms with Crippen molar-refractivity contribution < 1.29 is 46.2 Å². The number of alkyl halides is 3. The summed E-state index contributed by atoms with van der Waals surface area (Å²) >= 11 is 5.51. The van der Waals surface area contributed by atoms with Crippen LogP contribution >= 0.6 is 6.72 Å². The number of aryl methyl sites for hydroxylation is 2. The van der Waals surface area contributed by atoms with Gasteiger partial charge in [-0.25, -0.2) is 13.2 Å². The molecule has 0 radical (unpaired) electrons. The lowest BCUT2D eigenvalue weighted by atomic mass is 9.97. The van der Waals surface area contributed by atoms with Crippen molar-refractivity contribution in [3.8, 4) is 11.5 Å². The summed E-state index contributed by atoms with van der Waals surface area (Å²) in [5.74, 6) is -0.926. The number of ketones is 1. The normalized spacial score (nSPS) is 25.8. The van der Waals surface area contributed by atoms with Crippen molar-refractivity contribution in [3.05, 3.63) is 71.9 Å². The number of aliphatic hydroxyl groups excluding tert-OH is 1. The topological polar surface area (TPSA) is 94.5 Å². The van der Waals surface area contributed by atoms with E-state index in [1.807, 2.05) is 13.8 Å². The third-order valence-electron chi connectivity index (χ3n) is 6.02. The monoisotopic (exact) mass is 571 g/mol. The molecule has 4 rings (SSSR count). The van der Waals surface area contributed by atoms with Gasteiger partial charge in [0.1, 0.15) is 17.6 Å². The largest absolute Gasteiger partial charge is 0.435 e. The van der Waals surface area contributed by atoms with Crippen LogP contribution in [0, 0.1) is 13.8 Å². The Hall–Kier alpha value is -2.76. The van der Waals surface area contributed by atoms with Gasteiger partial charge in [0.15, 0.2) is 23.8 Å². The van der Waals surface area contributed by atoms with E-state index < -0.39 is 62.0 Å². The van der Waals surface area contributed by atoms with Gasteiger partial charge in [0.25, 0.3) is 6.43 Å². The molecule has 1 saturated heterocycles. The highest BCUT2D eigenvalue weighted by molar-refractivity contribution is 8.07. The fourth-order valence-corrected chi connectivity index (χ4v) is 5.78. The summed E-state index contributed by atoms with van der Waals surface area (Å²) in [6.07, 6.45) is -8.90. The van der Waals surface area contributed by atoms with Crippen molar-refractivity contribution in [3.63, 3.8) is 0 Å². The number of rotatable bonds is 9. The van der Waals surface area contributed by atoms with Crippen molar-refractivity contribution in [2.45, 2.75) is 50.8 Å². The lowest BCUT2D eigenvalue weighted by Crippen LogP contribution is -2.52. The molecule has 0 spiro atoms. The van der Waals surface area contributed by atoms with Crippen LogP contribution in [0.15, 0.2) is 60.8 Å². The quantitative estimate of drug-likeness (QED) is 0.350. The Morgan fingerprint density at radius 2 is 1.61 bits per heavy atom. The van der Waals surface area contributed by atoms with E-state index in [1.165, 1.54) is 0 Å². The first kappa shape index (κ1) is 28.3. The van der Waals surface area contributed by atoms with Gasteiger partial charge in [-0.2, -0.15) is 0 Å². The number of hydrogen-bond acceptors (Lipinski definition) is 8. The molecule has 204 valence electrons. The van der Waals surface area contributed by atoms with Gasteiger partial charge in [0, 0.05) is 18.0 Å². The smallest absolute Gasteiger partial charge is 0.416 e. The number of hydrogen-bond donors (Lipinski definition) is 1. The zero-order chi connectivity index (χ0) is 27.7. The molecule has 2 heterocycles. The summed E-state index contributed by atoms with van der Waals surface area (Å²) in [5.41, 5.74) is -1.07. The van der Waals surface area contributed by atoms with E-state index in [2.05, 4.69) is 0 Å². The zero-order valence-corrected chi connectivity index (χ0v) is 22.0. The molecule has 8 nitrogen and oxygen atoms in total. The van der Waals surface area contributed by atoms with Crippen LogP contribution in [-0.2, 0) is 30.7 Å². The van der Waals surface area contributed by atoms with Crippen LogP contribution in [0.4, 0.5) is 13.2 Å². The first-order valence-electron chi connectivity index (χ1n) is 11.5. The molecule has 2 aromatic carbocycles. The number of benzene rings is 2. The Bertz CT molecular complexity index is 1210. The molecule has 0 unspecified atom stereocenters. The van der Waals surface area contributed by atoms with Crippen molar-refractivity contribution in [1.29, 1.82) is 0 Å². The molecule has 13 heteroatoms. The number of amides is 1. The minimum atomic E-state index is -3.90. The average Bonchev–Trinajstić information content (AvgIpc) is 3.12. The fourth-order valence-electron chi connectivity index (χ4n) is 3.84. The van der Waals surface area contributed by atoms with Crippen LogP contribution in [0.2, 0.25) is 0 Å². The van der Waals surface area contributed by atoms with E-state index >= 15 is 4.39 Å². The molecule has 0 bridgehead atoms. The summed E-state index contributed by atoms with van der Waals surface area (Å²) < 4.78 is 66.5. The summed E-state index contributed by atoms with van der Waals surface area (Å²) in [6.45, 7) is -1.31. The van der Waals surface area contributed by atoms with E-state index in [9.17, 15) is 23.5 Å². The fraction of sp³-hybridized carbons (Fsp3) is 0.360. The van der Waals surface area contributed by atoms with E-state index in [4.69, 9.17) is 30.1 Å². The van der Waals surface area contributed by atoms with Crippen LogP contribution in [0.1, 0.15) is 17.5 Å². The Labute approximate surface area is 222 Å². The predicted molar refractivity (Wildman–Crippen MR) is 134 cm³/mol. The van der Waals surface area contributed by atoms with Gasteiger partial charge in [0.05, 0.1) is 13.0 Å². The molecule has 2 aliphatic heterocycles. The van der Waals surface area contributed by atoms with Gasteiger partial charge < -0.3 is 18.9 Å². The minimum Gasteiger partial charge on any atom is -0.416 e. The maximum absolute atomic E-state index is 15.1. The highest BCUT2D eigenvalue weighted by Gasteiger charge is 2.63. The third-order valence-corrected chi connectivity index (χ3v) is 8.10. The Kier molecular flexibility index (Phi) is 8.29. The molecule has 0 aliphatic carbocycles. The predicted octanol–water partition coefficient (Wildman–Crippen LogP) is 4.38. The van der Waals surface area contributed by atoms with E-state index in [1.54, 1.807) is 48.5 Å². The Morgan fingerprint density at radius 1 is 1.08 bits per heavy atom. The third kappa shape index (κ3) is 5.94. The molecule has 0 aromatic heterocycles. The van der Waals surface area contributed by atoms with Crippen LogP contribution in [0.3, 0.4) is 0 Å². The number of aliphatic hydroxyl groups is 1. The first-order valence-corrected chi connectivity index (χ1v) is 14.1. The van der Waals surface area contributed by atoms with E-state index in [0.29, 0.717) is 4.90 Å². The summed E-state index contributed by atoms with van der Waals surface area (Å²) in [7, 11) is 0. The van der Waals surface area contributed by atoms with Crippen LogP contribution in [0.25, 0.3) is 0 Å².